The van der Waals surface area contributed by atoms with Crippen molar-refractivity contribution in [1.82, 2.24) is 4.90 Å². The zero-order chi connectivity index (χ0) is 9.68. The largest absolute Gasteiger partial charge is 0.445 e. The van der Waals surface area contributed by atoms with Crippen LogP contribution in [0, 0.1) is 0 Å². The van der Waals surface area contributed by atoms with Crippen LogP contribution in [0.1, 0.15) is 12.8 Å². The summed E-state index contributed by atoms with van der Waals surface area (Å²) < 4.78 is 4.89. The number of ether oxygens (including phenoxy) is 1. The minimum Gasteiger partial charge on any atom is -0.445 e. The predicted molar refractivity (Wildman–Crippen MR) is 50.3 cm³/mol. The number of likely N-dealkylation sites (tertiary alicyclic amines) is 1. The van der Waals surface area contributed by atoms with Gasteiger partial charge >= 0.3 is 6.09 Å². The monoisotopic (exact) mass is 184 g/mol. The molecule has 4 heteroatoms. The Kier molecular flexibility index (Phi) is 3.76. The predicted octanol–water partition coefficient (Wildman–Crippen LogP) is 0.732. The summed E-state index contributed by atoms with van der Waals surface area (Å²) in [7, 11) is 0. The van der Waals surface area contributed by atoms with E-state index in [0.717, 1.165) is 19.4 Å². The van der Waals surface area contributed by atoms with Gasteiger partial charge in [0.2, 0.25) is 0 Å². The summed E-state index contributed by atoms with van der Waals surface area (Å²) in [6.07, 6.45) is 3.23. The first-order valence-electron chi connectivity index (χ1n) is 4.52. The number of hydrogen-bond acceptors (Lipinski definition) is 3. The van der Waals surface area contributed by atoms with Crippen molar-refractivity contribution >= 4 is 6.09 Å². The van der Waals surface area contributed by atoms with E-state index in [9.17, 15) is 4.79 Å². The minimum atomic E-state index is -0.282. The highest BCUT2D eigenvalue weighted by atomic mass is 16.6. The lowest BCUT2D eigenvalue weighted by atomic mass is 10.1. The van der Waals surface area contributed by atoms with Crippen LogP contribution in [-0.2, 0) is 4.74 Å². The van der Waals surface area contributed by atoms with E-state index < -0.39 is 0 Å². The second kappa shape index (κ2) is 4.87. The molecular weight excluding hydrogens is 168 g/mol. The number of rotatable bonds is 2. The van der Waals surface area contributed by atoms with Gasteiger partial charge in [-0.3, -0.25) is 0 Å². The second-order valence-corrected chi connectivity index (χ2v) is 3.21. The third-order valence-corrected chi connectivity index (χ3v) is 2.04. The maximum Gasteiger partial charge on any atom is 0.410 e. The molecule has 1 atom stereocenters. The smallest absolute Gasteiger partial charge is 0.410 e. The molecular formula is C9H16N2O2. The summed E-state index contributed by atoms with van der Waals surface area (Å²) in [5, 5.41) is 0. The first kappa shape index (κ1) is 10.1. The Balaban J connectivity index is 2.32. The van der Waals surface area contributed by atoms with Gasteiger partial charge < -0.3 is 15.4 Å². The molecule has 1 heterocycles. The van der Waals surface area contributed by atoms with Gasteiger partial charge in [-0.05, 0) is 12.8 Å². The molecule has 0 saturated carbocycles. The molecule has 13 heavy (non-hydrogen) atoms. The Hall–Kier alpha value is -1.03. The number of carbonyl (C=O) groups is 1. The van der Waals surface area contributed by atoms with Crippen LogP contribution in [0.5, 0.6) is 0 Å². The molecule has 1 aliphatic heterocycles. The van der Waals surface area contributed by atoms with Crippen molar-refractivity contribution in [1.29, 1.82) is 0 Å². The van der Waals surface area contributed by atoms with Gasteiger partial charge in [0.05, 0.1) is 0 Å². The first-order valence-corrected chi connectivity index (χ1v) is 4.52. The van der Waals surface area contributed by atoms with Crippen LogP contribution in [0.15, 0.2) is 12.7 Å². The highest BCUT2D eigenvalue weighted by Gasteiger charge is 2.21. The molecule has 0 bridgehead atoms. The van der Waals surface area contributed by atoms with E-state index in [4.69, 9.17) is 10.5 Å². The van der Waals surface area contributed by atoms with Crippen LogP contribution in [0.3, 0.4) is 0 Å². The van der Waals surface area contributed by atoms with Crippen LogP contribution in [0.2, 0.25) is 0 Å². The van der Waals surface area contributed by atoms with E-state index in [-0.39, 0.29) is 18.7 Å². The van der Waals surface area contributed by atoms with E-state index in [0.29, 0.717) is 6.54 Å². The third-order valence-electron chi connectivity index (χ3n) is 2.04. The summed E-state index contributed by atoms with van der Waals surface area (Å²) in [5.41, 5.74) is 5.72. The van der Waals surface area contributed by atoms with Gasteiger partial charge in [-0.25, -0.2) is 4.79 Å². The van der Waals surface area contributed by atoms with Crippen molar-refractivity contribution in [2.45, 2.75) is 18.9 Å². The fraction of sp³-hybridized carbons (Fsp3) is 0.667. The van der Waals surface area contributed by atoms with Gasteiger partial charge in [-0.15, -0.1) is 0 Å². The molecule has 74 valence electrons. The van der Waals surface area contributed by atoms with Gasteiger partial charge in [-0.1, -0.05) is 12.7 Å². The SMILES string of the molecule is C=CCOC(=O)N1CCC[C@@H](N)C1. The van der Waals surface area contributed by atoms with Gasteiger partial charge in [0.15, 0.2) is 0 Å². The number of hydrogen-bond donors (Lipinski definition) is 1. The summed E-state index contributed by atoms with van der Waals surface area (Å²) in [6, 6.07) is 0.102. The molecule has 0 aromatic rings. The zero-order valence-corrected chi connectivity index (χ0v) is 7.74. The molecule has 1 aliphatic rings. The summed E-state index contributed by atoms with van der Waals surface area (Å²) in [4.78, 5) is 13.0. The fourth-order valence-electron chi connectivity index (χ4n) is 1.40. The van der Waals surface area contributed by atoms with Gasteiger partial charge in [0, 0.05) is 19.1 Å². The number of nitrogens with two attached hydrogens (primary N) is 1. The number of piperidine rings is 1. The number of carbonyl (C=O) groups excluding carboxylic acids is 1. The normalized spacial score (nSPS) is 22.5. The standard InChI is InChI=1S/C9H16N2O2/c1-2-6-13-9(12)11-5-3-4-8(10)7-11/h2,8H,1,3-7,10H2/t8-/m1/s1. The Morgan fingerprint density at radius 3 is 3.15 bits per heavy atom. The summed E-state index contributed by atoms with van der Waals surface area (Å²) in [5.74, 6) is 0. The second-order valence-electron chi connectivity index (χ2n) is 3.21. The third kappa shape index (κ3) is 3.06. The molecule has 0 aromatic carbocycles. The van der Waals surface area contributed by atoms with Crippen molar-refractivity contribution in [3.8, 4) is 0 Å². The molecule has 0 spiro atoms. The van der Waals surface area contributed by atoms with E-state index in [1.54, 1.807) is 11.0 Å². The molecule has 0 unspecified atom stereocenters. The molecule has 0 aromatic heterocycles. The molecule has 2 N–H and O–H groups in total. The average molecular weight is 184 g/mol. The molecule has 1 amide bonds. The van der Waals surface area contributed by atoms with Crippen LogP contribution >= 0.6 is 0 Å². The lowest BCUT2D eigenvalue weighted by Gasteiger charge is -2.29. The molecule has 0 aliphatic carbocycles. The van der Waals surface area contributed by atoms with Gasteiger partial charge in [0.1, 0.15) is 6.61 Å². The van der Waals surface area contributed by atoms with Crippen molar-refractivity contribution in [3.05, 3.63) is 12.7 Å². The Bertz CT molecular complexity index is 194. The molecule has 0 radical (unpaired) electrons. The van der Waals surface area contributed by atoms with Crippen molar-refractivity contribution < 1.29 is 9.53 Å². The molecule has 1 fully saturated rings. The molecule has 1 rings (SSSR count). The van der Waals surface area contributed by atoms with Crippen molar-refractivity contribution in [2.24, 2.45) is 5.73 Å². The highest BCUT2D eigenvalue weighted by molar-refractivity contribution is 5.67. The lowest BCUT2D eigenvalue weighted by Crippen LogP contribution is -2.45. The quantitative estimate of drug-likeness (QED) is 0.644. The first-order chi connectivity index (χ1) is 6.24. The fourth-order valence-corrected chi connectivity index (χ4v) is 1.40. The maximum absolute atomic E-state index is 11.3. The van der Waals surface area contributed by atoms with Crippen LogP contribution < -0.4 is 5.73 Å². The maximum atomic E-state index is 11.3. The van der Waals surface area contributed by atoms with Crippen molar-refractivity contribution in [3.63, 3.8) is 0 Å². The number of amides is 1. The van der Waals surface area contributed by atoms with E-state index >= 15 is 0 Å². The van der Waals surface area contributed by atoms with Crippen molar-refractivity contribution in [2.75, 3.05) is 19.7 Å². The van der Waals surface area contributed by atoms with Gasteiger partial charge in [0.25, 0.3) is 0 Å². The van der Waals surface area contributed by atoms with E-state index in [2.05, 4.69) is 6.58 Å². The Labute approximate surface area is 78.3 Å². The number of nitrogens with zero attached hydrogens (tertiary/aromatic N) is 1. The van der Waals surface area contributed by atoms with Gasteiger partial charge in [-0.2, -0.15) is 0 Å². The topological polar surface area (TPSA) is 55.6 Å². The molecule has 1 saturated heterocycles. The highest BCUT2D eigenvalue weighted by Crippen LogP contribution is 2.09. The zero-order valence-electron chi connectivity index (χ0n) is 7.74. The van der Waals surface area contributed by atoms with E-state index in [1.807, 2.05) is 0 Å². The summed E-state index contributed by atoms with van der Waals surface area (Å²) >= 11 is 0. The minimum absolute atomic E-state index is 0.102. The lowest BCUT2D eigenvalue weighted by molar-refractivity contribution is 0.101. The van der Waals surface area contributed by atoms with Crippen LogP contribution in [0.25, 0.3) is 0 Å². The van der Waals surface area contributed by atoms with Crippen LogP contribution in [-0.4, -0.2) is 36.7 Å². The summed E-state index contributed by atoms with van der Waals surface area (Å²) in [6.45, 7) is 5.10. The van der Waals surface area contributed by atoms with E-state index in [1.165, 1.54) is 0 Å². The van der Waals surface area contributed by atoms with Crippen LogP contribution in [0.4, 0.5) is 4.79 Å². The average Bonchev–Trinajstić information content (AvgIpc) is 2.14. The molecule has 4 nitrogen and oxygen atoms in total. The Morgan fingerprint density at radius 2 is 2.54 bits per heavy atom. The Morgan fingerprint density at radius 1 is 1.77 bits per heavy atom.